The predicted octanol–water partition coefficient (Wildman–Crippen LogP) is 2.02. The Kier molecular flexibility index (Phi) is 3.56. The molecule has 0 aliphatic heterocycles. The van der Waals surface area contributed by atoms with E-state index in [0.29, 0.717) is 11.7 Å². The SMILES string of the molecule is CC1CCC(CNc2cncc(C(=O)O)n2)C1. The van der Waals surface area contributed by atoms with Gasteiger partial charge in [0, 0.05) is 6.54 Å². The number of hydrogen-bond donors (Lipinski definition) is 2. The summed E-state index contributed by atoms with van der Waals surface area (Å²) in [7, 11) is 0. The second-order valence-corrected chi connectivity index (χ2v) is 4.76. The highest BCUT2D eigenvalue weighted by molar-refractivity contribution is 5.85. The molecular weight excluding hydrogens is 218 g/mol. The number of carboxylic acids is 1. The molecule has 1 saturated carbocycles. The van der Waals surface area contributed by atoms with Crippen LogP contribution in [-0.4, -0.2) is 27.6 Å². The zero-order valence-corrected chi connectivity index (χ0v) is 9.89. The molecule has 1 aliphatic rings. The van der Waals surface area contributed by atoms with Crippen LogP contribution in [0.5, 0.6) is 0 Å². The lowest BCUT2D eigenvalue weighted by atomic mass is 10.1. The van der Waals surface area contributed by atoms with Gasteiger partial charge in [0.25, 0.3) is 0 Å². The Balaban J connectivity index is 1.90. The van der Waals surface area contributed by atoms with Crippen LogP contribution in [0.15, 0.2) is 12.4 Å². The van der Waals surface area contributed by atoms with E-state index in [1.165, 1.54) is 25.5 Å². The van der Waals surface area contributed by atoms with E-state index in [0.717, 1.165) is 12.5 Å². The van der Waals surface area contributed by atoms with E-state index in [-0.39, 0.29) is 5.69 Å². The van der Waals surface area contributed by atoms with Gasteiger partial charge in [0.2, 0.25) is 0 Å². The van der Waals surface area contributed by atoms with Gasteiger partial charge in [-0.2, -0.15) is 0 Å². The molecule has 0 amide bonds. The Morgan fingerprint density at radius 2 is 2.35 bits per heavy atom. The number of carboxylic acid groups (broad SMARTS) is 1. The summed E-state index contributed by atoms with van der Waals surface area (Å²) < 4.78 is 0. The van der Waals surface area contributed by atoms with E-state index < -0.39 is 5.97 Å². The number of aromatic carboxylic acids is 1. The summed E-state index contributed by atoms with van der Waals surface area (Å²) in [5, 5.41) is 12.0. The van der Waals surface area contributed by atoms with Crippen molar-refractivity contribution in [2.45, 2.75) is 26.2 Å². The number of carbonyl (C=O) groups is 1. The lowest BCUT2D eigenvalue weighted by Crippen LogP contribution is -2.13. The predicted molar refractivity (Wildman–Crippen MR) is 64.0 cm³/mol. The molecule has 2 N–H and O–H groups in total. The number of nitrogens with zero attached hydrogens (tertiary/aromatic N) is 2. The quantitative estimate of drug-likeness (QED) is 0.835. The average molecular weight is 235 g/mol. The number of nitrogens with one attached hydrogen (secondary N) is 1. The smallest absolute Gasteiger partial charge is 0.356 e. The maximum absolute atomic E-state index is 10.7. The monoisotopic (exact) mass is 235 g/mol. The van der Waals surface area contributed by atoms with Crippen LogP contribution >= 0.6 is 0 Å². The molecule has 5 nitrogen and oxygen atoms in total. The van der Waals surface area contributed by atoms with E-state index in [9.17, 15) is 4.79 Å². The molecule has 1 heterocycles. The van der Waals surface area contributed by atoms with Crippen molar-refractivity contribution in [1.82, 2.24) is 9.97 Å². The van der Waals surface area contributed by atoms with E-state index in [4.69, 9.17) is 5.11 Å². The summed E-state index contributed by atoms with van der Waals surface area (Å²) in [6, 6.07) is 0. The third kappa shape index (κ3) is 3.15. The van der Waals surface area contributed by atoms with Gasteiger partial charge in [-0.05, 0) is 24.7 Å². The molecule has 1 fully saturated rings. The van der Waals surface area contributed by atoms with E-state index in [1.807, 2.05) is 0 Å². The molecule has 1 aromatic rings. The van der Waals surface area contributed by atoms with Gasteiger partial charge in [-0.1, -0.05) is 13.3 Å². The van der Waals surface area contributed by atoms with E-state index in [2.05, 4.69) is 22.2 Å². The van der Waals surface area contributed by atoms with Crippen molar-refractivity contribution < 1.29 is 9.90 Å². The summed E-state index contributed by atoms with van der Waals surface area (Å²) in [4.78, 5) is 18.6. The Morgan fingerprint density at radius 1 is 1.53 bits per heavy atom. The standard InChI is InChI=1S/C12H17N3O2/c1-8-2-3-9(4-8)5-14-11-7-13-6-10(15-11)12(16)17/h6-9H,2-5H2,1H3,(H,14,15)(H,16,17). The van der Waals surface area contributed by atoms with E-state index in [1.54, 1.807) is 6.20 Å². The summed E-state index contributed by atoms with van der Waals surface area (Å²) in [6.07, 6.45) is 6.57. The normalized spacial score (nSPS) is 23.6. The molecule has 2 atom stereocenters. The fourth-order valence-electron chi connectivity index (χ4n) is 2.31. The topological polar surface area (TPSA) is 75.1 Å². The van der Waals surface area contributed by atoms with Gasteiger partial charge in [0.1, 0.15) is 5.82 Å². The molecule has 1 aliphatic carbocycles. The van der Waals surface area contributed by atoms with Gasteiger partial charge in [0.15, 0.2) is 5.69 Å². The summed E-state index contributed by atoms with van der Waals surface area (Å²) >= 11 is 0. The van der Waals surface area contributed by atoms with Gasteiger partial charge >= 0.3 is 5.97 Å². The molecule has 2 unspecified atom stereocenters. The summed E-state index contributed by atoms with van der Waals surface area (Å²) in [5.41, 5.74) is -0.0187. The third-order valence-corrected chi connectivity index (χ3v) is 3.23. The average Bonchev–Trinajstić information content (AvgIpc) is 2.73. The van der Waals surface area contributed by atoms with Gasteiger partial charge in [-0.15, -0.1) is 0 Å². The van der Waals surface area contributed by atoms with Crippen molar-refractivity contribution in [2.75, 3.05) is 11.9 Å². The third-order valence-electron chi connectivity index (χ3n) is 3.23. The second-order valence-electron chi connectivity index (χ2n) is 4.76. The molecule has 2 rings (SSSR count). The largest absolute Gasteiger partial charge is 0.476 e. The van der Waals surface area contributed by atoms with Crippen molar-refractivity contribution in [3.8, 4) is 0 Å². The van der Waals surface area contributed by atoms with Gasteiger partial charge in [-0.3, -0.25) is 4.98 Å². The highest BCUT2D eigenvalue weighted by atomic mass is 16.4. The van der Waals surface area contributed by atoms with Crippen molar-refractivity contribution in [3.63, 3.8) is 0 Å². The lowest BCUT2D eigenvalue weighted by Gasteiger charge is -2.11. The van der Waals surface area contributed by atoms with E-state index >= 15 is 0 Å². The van der Waals surface area contributed by atoms with Gasteiger partial charge < -0.3 is 10.4 Å². The van der Waals surface area contributed by atoms with Crippen molar-refractivity contribution >= 4 is 11.8 Å². The molecule has 0 saturated heterocycles. The first kappa shape index (κ1) is 11.8. The van der Waals surface area contributed by atoms with Crippen molar-refractivity contribution in [1.29, 1.82) is 0 Å². The number of rotatable bonds is 4. The van der Waals surface area contributed by atoms with Gasteiger partial charge in [0.05, 0.1) is 12.4 Å². The first-order chi connectivity index (χ1) is 8.15. The summed E-state index contributed by atoms with van der Waals surface area (Å²) in [6.45, 7) is 3.12. The molecular formula is C12H17N3O2. The fourth-order valence-corrected chi connectivity index (χ4v) is 2.31. The maximum Gasteiger partial charge on any atom is 0.356 e. The molecule has 0 spiro atoms. The minimum Gasteiger partial charge on any atom is -0.476 e. The van der Waals surface area contributed by atoms with Crippen LogP contribution in [0.2, 0.25) is 0 Å². The van der Waals surface area contributed by atoms with Crippen LogP contribution in [0, 0.1) is 11.8 Å². The zero-order chi connectivity index (χ0) is 12.3. The first-order valence-corrected chi connectivity index (χ1v) is 5.94. The Labute approximate surface area is 100 Å². The highest BCUT2D eigenvalue weighted by Crippen LogP contribution is 2.30. The Hall–Kier alpha value is -1.65. The van der Waals surface area contributed by atoms with Crippen LogP contribution in [0.25, 0.3) is 0 Å². The van der Waals surface area contributed by atoms with Crippen LogP contribution < -0.4 is 5.32 Å². The van der Waals surface area contributed by atoms with Crippen LogP contribution in [0.1, 0.15) is 36.7 Å². The molecule has 92 valence electrons. The highest BCUT2D eigenvalue weighted by Gasteiger charge is 2.21. The molecule has 17 heavy (non-hydrogen) atoms. The van der Waals surface area contributed by atoms with Crippen LogP contribution in [0.4, 0.5) is 5.82 Å². The second kappa shape index (κ2) is 5.12. The molecule has 5 heteroatoms. The molecule has 0 radical (unpaired) electrons. The minimum absolute atomic E-state index is 0.0187. The van der Waals surface area contributed by atoms with Gasteiger partial charge in [-0.25, -0.2) is 9.78 Å². The zero-order valence-electron chi connectivity index (χ0n) is 9.89. The Morgan fingerprint density at radius 3 is 3.00 bits per heavy atom. The number of anilines is 1. The minimum atomic E-state index is -1.05. The number of aromatic nitrogens is 2. The maximum atomic E-state index is 10.7. The lowest BCUT2D eigenvalue weighted by molar-refractivity contribution is 0.0690. The fraction of sp³-hybridized carbons (Fsp3) is 0.583. The molecule has 0 aromatic carbocycles. The van der Waals surface area contributed by atoms with Crippen molar-refractivity contribution in [2.24, 2.45) is 11.8 Å². The summed E-state index contributed by atoms with van der Waals surface area (Å²) in [5.74, 6) is 0.971. The number of hydrogen-bond acceptors (Lipinski definition) is 4. The molecule has 0 bridgehead atoms. The Bertz CT molecular complexity index is 408. The van der Waals surface area contributed by atoms with Crippen LogP contribution in [-0.2, 0) is 0 Å². The first-order valence-electron chi connectivity index (χ1n) is 5.94. The van der Waals surface area contributed by atoms with Crippen LogP contribution in [0.3, 0.4) is 0 Å². The van der Waals surface area contributed by atoms with Crippen molar-refractivity contribution in [3.05, 3.63) is 18.1 Å². The molecule has 1 aromatic heterocycles.